The Morgan fingerprint density at radius 1 is 1.36 bits per heavy atom. The summed E-state index contributed by atoms with van der Waals surface area (Å²) in [5.74, 6) is 0.510. The monoisotopic (exact) mass is 213 g/mol. The van der Waals surface area contributed by atoms with Crippen molar-refractivity contribution < 1.29 is 4.74 Å². The molecule has 14 heavy (non-hydrogen) atoms. The molecule has 0 amide bonds. The number of ether oxygens (including phenoxy) is 1. The maximum Gasteiger partial charge on any atom is 0.0504 e. The quantitative estimate of drug-likeness (QED) is 0.812. The van der Waals surface area contributed by atoms with Crippen LogP contribution < -0.4 is 5.32 Å². The molecule has 0 fully saturated rings. The molecule has 1 unspecified atom stereocenters. The van der Waals surface area contributed by atoms with E-state index in [0.29, 0.717) is 5.92 Å². The number of nitrogens with one attached hydrogen (secondary N) is 1. The fourth-order valence-electron chi connectivity index (χ4n) is 1.20. The third kappa shape index (κ3) is 3.99. The summed E-state index contributed by atoms with van der Waals surface area (Å²) in [6, 6.07) is 7.71. The number of methoxy groups -OCH3 is 1. The van der Waals surface area contributed by atoms with Gasteiger partial charge in [0.25, 0.3) is 0 Å². The third-order valence-corrected chi connectivity index (χ3v) is 2.20. The molecule has 0 radical (unpaired) electrons. The van der Waals surface area contributed by atoms with Gasteiger partial charge in [-0.25, -0.2) is 0 Å². The lowest BCUT2D eigenvalue weighted by molar-refractivity contribution is 0.164. The standard InChI is InChI=1S/C11H16ClNO/c1-9(8-14-2)7-13-11-5-3-10(12)4-6-11/h3-6,9,13H,7-8H2,1-2H3. The highest BCUT2D eigenvalue weighted by Gasteiger charge is 2.00. The van der Waals surface area contributed by atoms with Gasteiger partial charge in [-0.2, -0.15) is 0 Å². The average molecular weight is 214 g/mol. The zero-order chi connectivity index (χ0) is 10.4. The van der Waals surface area contributed by atoms with Crippen LogP contribution in [0.2, 0.25) is 5.02 Å². The van der Waals surface area contributed by atoms with Crippen LogP contribution in [-0.2, 0) is 4.74 Å². The van der Waals surface area contributed by atoms with E-state index in [9.17, 15) is 0 Å². The van der Waals surface area contributed by atoms with Crippen LogP contribution >= 0.6 is 11.6 Å². The van der Waals surface area contributed by atoms with Crippen LogP contribution in [0.3, 0.4) is 0 Å². The molecule has 0 spiro atoms. The van der Waals surface area contributed by atoms with Gasteiger partial charge < -0.3 is 10.1 Å². The van der Waals surface area contributed by atoms with Gasteiger partial charge in [-0.3, -0.25) is 0 Å². The lowest BCUT2D eigenvalue weighted by Crippen LogP contribution is -2.15. The second-order valence-electron chi connectivity index (χ2n) is 3.45. The molecule has 1 N–H and O–H groups in total. The highest BCUT2D eigenvalue weighted by Crippen LogP contribution is 2.13. The SMILES string of the molecule is COCC(C)CNc1ccc(Cl)cc1. The lowest BCUT2D eigenvalue weighted by Gasteiger charge is -2.12. The molecule has 0 saturated heterocycles. The van der Waals surface area contributed by atoms with E-state index in [4.69, 9.17) is 16.3 Å². The minimum atomic E-state index is 0.510. The predicted molar refractivity (Wildman–Crippen MR) is 61.0 cm³/mol. The van der Waals surface area contributed by atoms with Crippen molar-refractivity contribution in [1.29, 1.82) is 0 Å². The summed E-state index contributed by atoms with van der Waals surface area (Å²) in [5.41, 5.74) is 1.09. The Bertz CT molecular complexity index is 260. The number of anilines is 1. The van der Waals surface area contributed by atoms with Crippen molar-refractivity contribution in [2.75, 3.05) is 25.6 Å². The first kappa shape index (κ1) is 11.3. The van der Waals surface area contributed by atoms with Gasteiger partial charge in [0.05, 0.1) is 6.61 Å². The second kappa shape index (κ2) is 5.89. The Kier molecular flexibility index (Phi) is 4.77. The third-order valence-electron chi connectivity index (χ3n) is 1.95. The van der Waals surface area contributed by atoms with Crippen molar-refractivity contribution in [3.63, 3.8) is 0 Å². The molecular formula is C11H16ClNO. The van der Waals surface area contributed by atoms with Gasteiger partial charge in [0.2, 0.25) is 0 Å². The molecule has 0 aliphatic carbocycles. The van der Waals surface area contributed by atoms with Gasteiger partial charge in [-0.15, -0.1) is 0 Å². The molecule has 1 aromatic rings. The molecule has 0 saturated carbocycles. The molecule has 0 aromatic heterocycles. The summed E-state index contributed by atoms with van der Waals surface area (Å²) in [4.78, 5) is 0. The van der Waals surface area contributed by atoms with E-state index in [1.165, 1.54) is 0 Å². The normalized spacial score (nSPS) is 12.5. The summed E-state index contributed by atoms with van der Waals surface area (Å²) in [7, 11) is 1.72. The molecule has 2 nitrogen and oxygen atoms in total. The van der Waals surface area contributed by atoms with Crippen molar-refractivity contribution >= 4 is 17.3 Å². The van der Waals surface area contributed by atoms with Crippen molar-refractivity contribution in [2.45, 2.75) is 6.92 Å². The van der Waals surface area contributed by atoms with Crippen LogP contribution in [0.15, 0.2) is 24.3 Å². The Morgan fingerprint density at radius 3 is 2.57 bits per heavy atom. The summed E-state index contributed by atoms with van der Waals surface area (Å²) < 4.78 is 5.05. The number of rotatable bonds is 5. The summed E-state index contributed by atoms with van der Waals surface area (Å²) in [6.45, 7) is 3.84. The molecule has 0 heterocycles. The fourth-order valence-corrected chi connectivity index (χ4v) is 1.33. The molecule has 1 aromatic carbocycles. The smallest absolute Gasteiger partial charge is 0.0504 e. The molecule has 3 heteroatoms. The van der Waals surface area contributed by atoms with Crippen LogP contribution in [0.4, 0.5) is 5.69 Å². The Hall–Kier alpha value is -0.730. The maximum atomic E-state index is 5.78. The fraction of sp³-hybridized carbons (Fsp3) is 0.455. The number of hydrogen-bond acceptors (Lipinski definition) is 2. The van der Waals surface area contributed by atoms with Crippen molar-refractivity contribution in [1.82, 2.24) is 0 Å². The topological polar surface area (TPSA) is 21.3 Å². The van der Waals surface area contributed by atoms with Crippen LogP contribution in [-0.4, -0.2) is 20.3 Å². The molecule has 0 aliphatic heterocycles. The van der Waals surface area contributed by atoms with Gasteiger partial charge in [0.15, 0.2) is 0 Å². The van der Waals surface area contributed by atoms with E-state index in [1.807, 2.05) is 24.3 Å². The zero-order valence-electron chi connectivity index (χ0n) is 8.59. The number of halogens is 1. The average Bonchev–Trinajstić information content (AvgIpc) is 2.17. The van der Waals surface area contributed by atoms with Gasteiger partial charge in [-0.1, -0.05) is 18.5 Å². The summed E-state index contributed by atoms with van der Waals surface area (Å²) in [5, 5.41) is 4.08. The first-order chi connectivity index (χ1) is 6.72. The van der Waals surface area contributed by atoms with E-state index in [-0.39, 0.29) is 0 Å². The van der Waals surface area contributed by atoms with Crippen LogP contribution in [0.1, 0.15) is 6.92 Å². The number of benzene rings is 1. The van der Waals surface area contributed by atoms with Gasteiger partial charge in [0, 0.05) is 24.4 Å². The van der Waals surface area contributed by atoms with Crippen molar-refractivity contribution in [3.8, 4) is 0 Å². The minimum Gasteiger partial charge on any atom is -0.385 e. The first-order valence-corrected chi connectivity index (χ1v) is 5.08. The van der Waals surface area contributed by atoms with Crippen LogP contribution in [0.5, 0.6) is 0 Å². The predicted octanol–water partition coefficient (Wildman–Crippen LogP) is 3.03. The van der Waals surface area contributed by atoms with E-state index >= 15 is 0 Å². The van der Waals surface area contributed by atoms with Gasteiger partial charge in [0.1, 0.15) is 0 Å². The Labute approximate surface area is 90.2 Å². The van der Waals surface area contributed by atoms with E-state index in [0.717, 1.165) is 23.9 Å². The molecule has 78 valence electrons. The van der Waals surface area contributed by atoms with Gasteiger partial charge in [-0.05, 0) is 30.2 Å². The molecular weight excluding hydrogens is 198 g/mol. The minimum absolute atomic E-state index is 0.510. The Balaban J connectivity index is 2.34. The molecule has 1 rings (SSSR count). The highest BCUT2D eigenvalue weighted by atomic mass is 35.5. The summed E-state index contributed by atoms with van der Waals surface area (Å²) >= 11 is 5.78. The van der Waals surface area contributed by atoms with Crippen LogP contribution in [0.25, 0.3) is 0 Å². The van der Waals surface area contributed by atoms with Crippen LogP contribution in [0, 0.1) is 5.92 Å². The lowest BCUT2D eigenvalue weighted by atomic mass is 10.2. The van der Waals surface area contributed by atoms with Gasteiger partial charge >= 0.3 is 0 Å². The first-order valence-electron chi connectivity index (χ1n) is 4.70. The highest BCUT2D eigenvalue weighted by molar-refractivity contribution is 6.30. The van der Waals surface area contributed by atoms with Crippen molar-refractivity contribution in [3.05, 3.63) is 29.3 Å². The molecule has 1 atom stereocenters. The number of hydrogen-bond donors (Lipinski definition) is 1. The van der Waals surface area contributed by atoms with E-state index in [2.05, 4.69) is 12.2 Å². The van der Waals surface area contributed by atoms with E-state index in [1.54, 1.807) is 7.11 Å². The molecule has 0 bridgehead atoms. The zero-order valence-corrected chi connectivity index (χ0v) is 9.34. The van der Waals surface area contributed by atoms with Crippen molar-refractivity contribution in [2.24, 2.45) is 5.92 Å². The second-order valence-corrected chi connectivity index (χ2v) is 3.88. The van der Waals surface area contributed by atoms with E-state index < -0.39 is 0 Å². The maximum absolute atomic E-state index is 5.78. The molecule has 0 aliphatic rings. The Morgan fingerprint density at radius 2 is 2.00 bits per heavy atom. The summed E-state index contributed by atoms with van der Waals surface area (Å²) in [6.07, 6.45) is 0. The largest absolute Gasteiger partial charge is 0.385 e.